The van der Waals surface area contributed by atoms with Gasteiger partial charge in [-0.2, -0.15) is 0 Å². The van der Waals surface area contributed by atoms with Gasteiger partial charge in [-0.15, -0.1) is 0 Å². The molecule has 0 bridgehead atoms. The van der Waals surface area contributed by atoms with Gasteiger partial charge in [-0.1, -0.05) is 24.3 Å². The fourth-order valence-electron chi connectivity index (χ4n) is 2.71. The Kier molecular flexibility index (Phi) is 4.88. The largest absolute Gasteiger partial charge is 0.492 e. The minimum Gasteiger partial charge on any atom is -0.492 e. The van der Waals surface area contributed by atoms with Crippen LogP contribution < -0.4 is 20.5 Å². The van der Waals surface area contributed by atoms with Crippen LogP contribution in [0.15, 0.2) is 48.5 Å². The van der Waals surface area contributed by atoms with Crippen LogP contribution in [0.1, 0.15) is 15.9 Å². The first kappa shape index (κ1) is 16.8. The monoisotopic (exact) mass is 339 g/mol. The molecule has 6 heteroatoms. The molecule has 0 aromatic heterocycles. The maximum Gasteiger partial charge on any atom is 0.269 e. The molecule has 2 amide bonds. The van der Waals surface area contributed by atoms with Crippen LogP contribution in [0.5, 0.6) is 5.75 Å². The predicted molar refractivity (Wildman–Crippen MR) is 95.5 cm³/mol. The lowest BCUT2D eigenvalue weighted by molar-refractivity contribution is -0.127. The molecule has 1 aliphatic heterocycles. The van der Waals surface area contributed by atoms with Crippen LogP contribution in [-0.2, 0) is 11.2 Å². The minimum absolute atomic E-state index is 0.258. The maximum absolute atomic E-state index is 12.3. The predicted octanol–water partition coefficient (Wildman–Crippen LogP) is 1.76. The van der Waals surface area contributed by atoms with E-state index in [0.717, 1.165) is 17.0 Å². The third-order valence-electron chi connectivity index (χ3n) is 4.17. The van der Waals surface area contributed by atoms with Crippen LogP contribution in [-0.4, -0.2) is 32.5 Å². The molecule has 2 aromatic rings. The van der Waals surface area contributed by atoms with Crippen LogP contribution in [0, 0.1) is 5.92 Å². The number of carbonyl (C=O) groups is 2. The smallest absolute Gasteiger partial charge is 0.269 e. The van der Waals surface area contributed by atoms with Crippen LogP contribution in [0.3, 0.4) is 0 Å². The van der Waals surface area contributed by atoms with Gasteiger partial charge in [0.1, 0.15) is 12.4 Å². The van der Waals surface area contributed by atoms with E-state index in [9.17, 15) is 9.59 Å². The second kappa shape index (κ2) is 7.25. The fourth-order valence-corrected chi connectivity index (χ4v) is 2.71. The van der Waals surface area contributed by atoms with E-state index in [4.69, 9.17) is 4.74 Å². The van der Waals surface area contributed by atoms with Gasteiger partial charge in [0.05, 0.1) is 5.92 Å². The Bertz CT molecular complexity index is 789. The van der Waals surface area contributed by atoms with Crippen LogP contribution in [0.4, 0.5) is 5.69 Å². The lowest BCUT2D eigenvalue weighted by Gasteiger charge is -2.24. The van der Waals surface area contributed by atoms with E-state index in [2.05, 4.69) is 10.9 Å². The number of hydrogen-bond acceptors (Lipinski definition) is 4. The van der Waals surface area contributed by atoms with Gasteiger partial charge < -0.3 is 9.64 Å². The number of amides is 2. The van der Waals surface area contributed by atoms with Crippen molar-refractivity contribution in [2.24, 2.45) is 5.92 Å². The number of anilines is 1. The standard InChI is InChI=1S/C19H21N3O3/c1-22(2)16-8-5-7-14(11-16)18(23)20-21-19(24)15-10-13-6-3-4-9-17(13)25-12-15/h3-9,11,15H,10,12H2,1-2H3,(H,20,23)(H,21,24). The molecule has 1 aliphatic rings. The summed E-state index contributed by atoms with van der Waals surface area (Å²) in [6, 6.07) is 14.8. The van der Waals surface area contributed by atoms with E-state index in [1.807, 2.05) is 49.3 Å². The van der Waals surface area contributed by atoms with Gasteiger partial charge >= 0.3 is 0 Å². The zero-order chi connectivity index (χ0) is 17.8. The first-order chi connectivity index (χ1) is 12.0. The first-order valence-corrected chi connectivity index (χ1v) is 8.13. The number of ether oxygens (including phenoxy) is 1. The quantitative estimate of drug-likeness (QED) is 0.836. The third kappa shape index (κ3) is 3.91. The molecule has 1 heterocycles. The molecule has 1 unspecified atom stereocenters. The summed E-state index contributed by atoms with van der Waals surface area (Å²) in [5, 5.41) is 0. The van der Waals surface area contributed by atoms with E-state index in [1.54, 1.807) is 18.2 Å². The van der Waals surface area contributed by atoms with Gasteiger partial charge in [-0.3, -0.25) is 20.4 Å². The third-order valence-corrected chi connectivity index (χ3v) is 4.17. The summed E-state index contributed by atoms with van der Waals surface area (Å²) >= 11 is 0. The Labute approximate surface area is 146 Å². The molecule has 2 N–H and O–H groups in total. The van der Waals surface area contributed by atoms with Gasteiger partial charge in [-0.25, -0.2) is 0 Å². The van der Waals surface area contributed by atoms with Crippen molar-refractivity contribution >= 4 is 17.5 Å². The van der Waals surface area contributed by atoms with Crippen molar-refractivity contribution < 1.29 is 14.3 Å². The molecule has 0 radical (unpaired) electrons. The number of fused-ring (bicyclic) bond motifs is 1. The normalized spacial score (nSPS) is 15.5. The number of rotatable bonds is 3. The number of nitrogens with zero attached hydrogens (tertiary/aromatic N) is 1. The molecule has 3 rings (SSSR count). The number of para-hydroxylation sites is 1. The highest BCUT2D eigenvalue weighted by Gasteiger charge is 2.26. The Balaban J connectivity index is 1.57. The summed E-state index contributed by atoms with van der Waals surface area (Å²) in [4.78, 5) is 26.4. The van der Waals surface area contributed by atoms with Crippen molar-refractivity contribution in [2.75, 3.05) is 25.6 Å². The van der Waals surface area contributed by atoms with Crippen molar-refractivity contribution in [3.63, 3.8) is 0 Å². The van der Waals surface area contributed by atoms with Gasteiger partial charge in [0.15, 0.2) is 0 Å². The summed E-state index contributed by atoms with van der Waals surface area (Å²) in [5.41, 5.74) is 7.37. The van der Waals surface area contributed by atoms with Gasteiger partial charge in [0, 0.05) is 25.3 Å². The molecule has 6 nitrogen and oxygen atoms in total. The van der Waals surface area contributed by atoms with E-state index < -0.39 is 0 Å². The Morgan fingerprint density at radius 2 is 1.88 bits per heavy atom. The number of benzene rings is 2. The van der Waals surface area contributed by atoms with Crippen molar-refractivity contribution in [1.29, 1.82) is 0 Å². The summed E-state index contributed by atoms with van der Waals surface area (Å²) in [6.07, 6.45) is 0.591. The van der Waals surface area contributed by atoms with Crippen molar-refractivity contribution in [3.8, 4) is 5.75 Å². The van der Waals surface area contributed by atoms with Crippen molar-refractivity contribution in [1.82, 2.24) is 10.9 Å². The zero-order valence-electron chi connectivity index (χ0n) is 14.3. The second-order valence-electron chi connectivity index (χ2n) is 6.21. The van der Waals surface area contributed by atoms with E-state index in [0.29, 0.717) is 18.6 Å². The summed E-state index contributed by atoms with van der Waals surface area (Å²) in [7, 11) is 3.80. The molecule has 0 spiro atoms. The van der Waals surface area contributed by atoms with Gasteiger partial charge in [0.2, 0.25) is 5.91 Å². The molecule has 0 saturated carbocycles. The van der Waals surface area contributed by atoms with E-state index in [1.165, 1.54) is 0 Å². The summed E-state index contributed by atoms with van der Waals surface area (Å²) in [6.45, 7) is 0.300. The minimum atomic E-state index is -0.353. The van der Waals surface area contributed by atoms with E-state index >= 15 is 0 Å². The number of hydrogen-bond donors (Lipinski definition) is 2. The van der Waals surface area contributed by atoms with Crippen molar-refractivity contribution in [2.45, 2.75) is 6.42 Å². The topological polar surface area (TPSA) is 70.7 Å². The second-order valence-corrected chi connectivity index (χ2v) is 6.21. The molecule has 0 aliphatic carbocycles. The van der Waals surface area contributed by atoms with Crippen LogP contribution >= 0.6 is 0 Å². The van der Waals surface area contributed by atoms with Crippen LogP contribution in [0.25, 0.3) is 0 Å². The highest BCUT2D eigenvalue weighted by atomic mass is 16.5. The average molecular weight is 339 g/mol. The van der Waals surface area contributed by atoms with Gasteiger partial charge in [0.25, 0.3) is 5.91 Å². The van der Waals surface area contributed by atoms with Crippen LogP contribution in [0.2, 0.25) is 0 Å². The molecule has 2 aromatic carbocycles. The molecular weight excluding hydrogens is 318 g/mol. The van der Waals surface area contributed by atoms with Crippen molar-refractivity contribution in [3.05, 3.63) is 59.7 Å². The fraction of sp³-hybridized carbons (Fsp3) is 0.263. The highest BCUT2D eigenvalue weighted by molar-refractivity contribution is 5.96. The van der Waals surface area contributed by atoms with Gasteiger partial charge in [-0.05, 0) is 36.2 Å². The number of carbonyl (C=O) groups excluding carboxylic acids is 2. The summed E-state index contributed by atoms with van der Waals surface area (Å²) in [5.74, 6) is -0.125. The number of hydrazine groups is 1. The first-order valence-electron chi connectivity index (χ1n) is 8.13. The summed E-state index contributed by atoms with van der Waals surface area (Å²) < 4.78 is 5.61. The molecule has 0 saturated heterocycles. The molecule has 130 valence electrons. The SMILES string of the molecule is CN(C)c1cccc(C(=O)NNC(=O)C2COc3ccccc3C2)c1. The Morgan fingerprint density at radius 1 is 1.08 bits per heavy atom. The maximum atomic E-state index is 12.3. The molecule has 0 fully saturated rings. The molecule has 1 atom stereocenters. The highest BCUT2D eigenvalue weighted by Crippen LogP contribution is 2.26. The van der Waals surface area contributed by atoms with E-state index in [-0.39, 0.29) is 17.7 Å². The average Bonchev–Trinajstić information content (AvgIpc) is 2.65. The molecule has 25 heavy (non-hydrogen) atoms. The Morgan fingerprint density at radius 3 is 2.68 bits per heavy atom. The molecular formula is C19H21N3O3. The lowest BCUT2D eigenvalue weighted by Crippen LogP contribution is -2.47. The lowest BCUT2D eigenvalue weighted by atomic mass is 9.96. The number of nitrogens with one attached hydrogen (secondary N) is 2. The zero-order valence-corrected chi connectivity index (χ0v) is 14.3. The Hall–Kier alpha value is -3.02.